The third-order valence-corrected chi connectivity index (χ3v) is 3.04. The highest BCUT2D eigenvalue weighted by Crippen LogP contribution is 2.27. The minimum atomic E-state index is 0.389. The summed E-state index contributed by atoms with van der Waals surface area (Å²) < 4.78 is 15.5. The molecule has 0 aromatic heterocycles. The second kappa shape index (κ2) is 9.58. The molecule has 114 valence electrons. The average Bonchev–Trinajstić information content (AvgIpc) is 2.49. The monoisotopic (exact) mass is 282 g/mol. The molecule has 0 saturated carbocycles. The Labute approximate surface area is 121 Å². The Bertz CT molecular complexity index is 385. The highest BCUT2D eigenvalue weighted by Gasteiger charge is 2.06. The van der Waals surface area contributed by atoms with Crippen LogP contribution in [0.25, 0.3) is 0 Å². The Morgan fingerprint density at radius 1 is 1.10 bits per heavy atom. The maximum absolute atomic E-state index is 5.30. The van der Waals surface area contributed by atoms with E-state index in [2.05, 4.69) is 17.6 Å². The van der Waals surface area contributed by atoms with Gasteiger partial charge in [0.1, 0.15) is 0 Å². The molecule has 0 bridgehead atoms. The Kier molecular flexibility index (Phi) is 8.02. The Balaban J connectivity index is 2.37. The Hall–Kier alpha value is -1.30. The first kappa shape index (κ1) is 16.8. The van der Waals surface area contributed by atoms with Crippen molar-refractivity contribution in [2.45, 2.75) is 19.5 Å². The Morgan fingerprint density at radius 3 is 2.50 bits per heavy atom. The van der Waals surface area contributed by atoms with Gasteiger partial charge in [0.25, 0.3) is 0 Å². The number of benzene rings is 1. The van der Waals surface area contributed by atoms with E-state index in [1.54, 1.807) is 21.3 Å². The van der Waals surface area contributed by atoms with E-state index < -0.39 is 0 Å². The van der Waals surface area contributed by atoms with Crippen molar-refractivity contribution in [1.29, 1.82) is 0 Å². The number of methoxy groups -OCH3 is 3. The van der Waals surface area contributed by atoms with E-state index in [0.29, 0.717) is 6.04 Å². The number of hydrogen-bond acceptors (Lipinski definition) is 5. The normalized spacial score (nSPS) is 12.2. The molecule has 0 aliphatic heterocycles. The van der Waals surface area contributed by atoms with Gasteiger partial charge in [-0.25, -0.2) is 0 Å². The summed E-state index contributed by atoms with van der Waals surface area (Å²) in [4.78, 5) is 0. The first-order chi connectivity index (χ1) is 9.71. The molecule has 0 aliphatic carbocycles. The average molecular weight is 282 g/mol. The molecule has 0 fully saturated rings. The lowest BCUT2D eigenvalue weighted by molar-refractivity contribution is 0.198. The zero-order valence-corrected chi connectivity index (χ0v) is 12.9. The summed E-state index contributed by atoms with van der Waals surface area (Å²) in [5.74, 6) is 1.52. The van der Waals surface area contributed by atoms with Gasteiger partial charge in [-0.2, -0.15) is 0 Å². The van der Waals surface area contributed by atoms with Gasteiger partial charge >= 0.3 is 0 Å². The predicted molar refractivity (Wildman–Crippen MR) is 80.6 cm³/mol. The van der Waals surface area contributed by atoms with Crippen LogP contribution < -0.4 is 20.1 Å². The zero-order chi connectivity index (χ0) is 14.8. The third-order valence-electron chi connectivity index (χ3n) is 3.04. The first-order valence-corrected chi connectivity index (χ1v) is 6.85. The molecule has 1 atom stereocenters. The van der Waals surface area contributed by atoms with E-state index in [4.69, 9.17) is 14.2 Å². The van der Waals surface area contributed by atoms with Crippen LogP contribution in [0.2, 0.25) is 0 Å². The van der Waals surface area contributed by atoms with Crippen LogP contribution in [-0.2, 0) is 11.3 Å². The number of rotatable bonds is 10. The molecule has 1 rings (SSSR count). The van der Waals surface area contributed by atoms with Crippen LogP contribution in [-0.4, -0.2) is 47.1 Å². The van der Waals surface area contributed by atoms with Gasteiger partial charge < -0.3 is 24.8 Å². The summed E-state index contributed by atoms with van der Waals surface area (Å²) in [6.07, 6.45) is 0. The molecular formula is C15H26N2O3. The van der Waals surface area contributed by atoms with E-state index in [9.17, 15) is 0 Å². The molecule has 20 heavy (non-hydrogen) atoms. The summed E-state index contributed by atoms with van der Waals surface area (Å²) in [6.45, 7) is 5.48. The molecule has 0 spiro atoms. The second-order valence-corrected chi connectivity index (χ2v) is 4.67. The Morgan fingerprint density at radius 2 is 1.85 bits per heavy atom. The molecule has 0 radical (unpaired) electrons. The van der Waals surface area contributed by atoms with Crippen molar-refractivity contribution in [1.82, 2.24) is 10.6 Å². The van der Waals surface area contributed by atoms with Gasteiger partial charge in [-0.15, -0.1) is 0 Å². The van der Waals surface area contributed by atoms with E-state index in [0.717, 1.165) is 37.7 Å². The van der Waals surface area contributed by atoms with E-state index in [-0.39, 0.29) is 0 Å². The fourth-order valence-corrected chi connectivity index (χ4v) is 1.85. The minimum absolute atomic E-state index is 0.389. The van der Waals surface area contributed by atoms with Gasteiger partial charge in [0.15, 0.2) is 11.5 Å². The van der Waals surface area contributed by atoms with Crippen molar-refractivity contribution >= 4 is 0 Å². The number of ether oxygens (including phenoxy) is 3. The van der Waals surface area contributed by atoms with Gasteiger partial charge in [0, 0.05) is 32.8 Å². The molecule has 2 N–H and O–H groups in total. The SMILES string of the molecule is COCCNCC(C)NCc1ccc(OC)c(OC)c1. The third kappa shape index (κ3) is 5.77. The van der Waals surface area contributed by atoms with Crippen LogP contribution in [0.5, 0.6) is 11.5 Å². The summed E-state index contributed by atoms with van der Waals surface area (Å²) >= 11 is 0. The lowest BCUT2D eigenvalue weighted by Gasteiger charge is -2.15. The zero-order valence-electron chi connectivity index (χ0n) is 12.9. The largest absolute Gasteiger partial charge is 0.493 e. The lowest BCUT2D eigenvalue weighted by Crippen LogP contribution is -2.37. The van der Waals surface area contributed by atoms with Crippen LogP contribution in [0.1, 0.15) is 12.5 Å². The first-order valence-electron chi connectivity index (χ1n) is 6.85. The fraction of sp³-hybridized carbons (Fsp3) is 0.600. The van der Waals surface area contributed by atoms with Crippen LogP contribution >= 0.6 is 0 Å². The van der Waals surface area contributed by atoms with E-state index in [1.807, 2.05) is 18.2 Å². The van der Waals surface area contributed by atoms with Crippen molar-refractivity contribution < 1.29 is 14.2 Å². The minimum Gasteiger partial charge on any atom is -0.493 e. The van der Waals surface area contributed by atoms with Crippen LogP contribution in [0.3, 0.4) is 0 Å². The molecule has 1 aromatic carbocycles. The molecule has 5 heteroatoms. The van der Waals surface area contributed by atoms with Gasteiger partial charge in [0.2, 0.25) is 0 Å². The number of hydrogen-bond donors (Lipinski definition) is 2. The van der Waals surface area contributed by atoms with E-state index >= 15 is 0 Å². The van der Waals surface area contributed by atoms with Crippen molar-refractivity contribution in [2.24, 2.45) is 0 Å². The molecule has 5 nitrogen and oxygen atoms in total. The fourth-order valence-electron chi connectivity index (χ4n) is 1.85. The molecule has 0 heterocycles. The molecular weight excluding hydrogens is 256 g/mol. The smallest absolute Gasteiger partial charge is 0.161 e. The van der Waals surface area contributed by atoms with Gasteiger partial charge in [-0.3, -0.25) is 0 Å². The summed E-state index contributed by atoms with van der Waals surface area (Å²) in [6, 6.07) is 6.35. The van der Waals surface area contributed by atoms with Crippen molar-refractivity contribution in [3.05, 3.63) is 23.8 Å². The van der Waals surface area contributed by atoms with E-state index in [1.165, 1.54) is 5.56 Å². The number of nitrogens with one attached hydrogen (secondary N) is 2. The van der Waals surface area contributed by atoms with Crippen molar-refractivity contribution in [2.75, 3.05) is 41.0 Å². The van der Waals surface area contributed by atoms with Crippen LogP contribution in [0.15, 0.2) is 18.2 Å². The maximum Gasteiger partial charge on any atom is 0.161 e. The molecule has 0 aliphatic rings. The molecule has 0 saturated heterocycles. The summed E-state index contributed by atoms with van der Waals surface area (Å²) in [5.41, 5.74) is 1.17. The van der Waals surface area contributed by atoms with Gasteiger partial charge in [0.05, 0.1) is 20.8 Å². The van der Waals surface area contributed by atoms with Gasteiger partial charge in [-0.1, -0.05) is 6.07 Å². The van der Waals surface area contributed by atoms with Crippen molar-refractivity contribution in [3.8, 4) is 11.5 Å². The molecule has 1 aromatic rings. The quantitative estimate of drug-likeness (QED) is 0.636. The highest BCUT2D eigenvalue weighted by molar-refractivity contribution is 5.42. The standard InChI is InChI=1S/C15H26N2O3/c1-12(10-16-7-8-18-2)17-11-13-5-6-14(19-3)15(9-13)20-4/h5-6,9,12,16-17H,7-8,10-11H2,1-4H3. The summed E-state index contributed by atoms with van der Waals surface area (Å²) in [7, 11) is 5.00. The topological polar surface area (TPSA) is 51.8 Å². The molecule has 0 amide bonds. The highest BCUT2D eigenvalue weighted by atomic mass is 16.5. The van der Waals surface area contributed by atoms with Crippen LogP contribution in [0, 0.1) is 0 Å². The molecule has 1 unspecified atom stereocenters. The van der Waals surface area contributed by atoms with Crippen molar-refractivity contribution in [3.63, 3.8) is 0 Å². The second-order valence-electron chi connectivity index (χ2n) is 4.67. The summed E-state index contributed by atoms with van der Waals surface area (Å²) in [5, 5.41) is 6.80. The lowest BCUT2D eigenvalue weighted by atomic mass is 10.2. The maximum atomic E-state index is 5.30. The van der Waals surface area contributed by atoms with Gasteiger partial charge in [-0.05, 0) is 24.6 Å². The van der Waals surface area contributed by atoms with Crippen LogP contribution in [0.4, 0.5) is 0 Å². The predicted octanol–water partition coefficient (Wildman–Crippen LogP) is 1.42.